The highest BCUT2D eigenvalue weighted by molar-refractivity contribution is 6.90. The smallest absolute Gasteiger partial charge is 0.333 e. The first-order valence-electron chi connectivity index (χ1n) is 18.5. The van der Waals surface area contributed by atoms with Crippen LogP contribution in [0.5, 0.6) is 0 Å². The fourth-order valence-electron chi connectivity index (χ4n) is 10.2. The quantitative estimate of drug-likeness (QED) is 0.144. The van der Waals surface area contributed by atoms with Crippen molar-refractivity contribution in [1.82, 2.24) is 9.05 Å². The number of hydrogen-bond acceptors (Lipinski definition) is 0. The second-order valence-corrected chi connectivity index (χ2v) is 17.3. The molecule has 0 N–H and O–H groups in total. The van der Waals surface area contributed by atoms with Crippen molar-refractivity contribution in [3.8, 4) is 39.1 Å². The number of hydrogen-bond donors (Lipinski definition) is 0. The van der Waals surface area contributed by atoms with Gasteiger partial charge in [0, 0.05) is 43.8 Å². The molecule has 0 spiro atoms. The Kier molecular flexibility index (Phi) is 4.89. The van der Waals surface area contributed by atoms with Crippen molar-refractivity contribution in [2.45, 2.75) is 52.4 Å². The van der Waals surface area contributed by atoms with E-state index in [0.717, 1.165) is 0 Å². The van der Waals surface area contributed by atoms with Gasteiger partial charge in [0.15, 0.2) is 0 Å². The molecule has 0 atom stereocenters. The van der Waals surface area contributed by atoms with Gasteiger partial charge in [0.25, 0.3) is 0 Å². The Balaban J connectivity index is 1.33. The summed E-state index contributed by atoms with van der Waals surface area (Å²) in [4.78, 5) is 0. The highest BCUT2D eigenvalue weighted by atomic mass is 15.0. The molecular formula is C48H37BN2. The van der Waals surface area contributed by atoms with Crippen molar-refractivity contribution in [2.75, 3.05) is 0 Å². The van der Waals surface area contributed by atoms with E-state index in [9.17, 15) is 0 Å². The van der Waals surface area contributed by atoms with Crippen LogP contribution < -0.4 is 10.9 Å². The van der Waals surface area contributed by atoms with Crippen molar-refractivity contribution >= 4 is 72.2 Å². The summed E-state index contributed by atoms with van der Waals surface area (Å²) in [5, 5.41) is 8.19. The lowest BCUT2D eigenvalue weighted by atomic mass is 9.45. The van der Waals surface area contributed by atoms with Gasteiger partial charge >= 0.3 is 6.85 Å². The first kappa shape index (κ1) is 28.2. The molecule has 0 saturated carbocycles. The van der Waals surface area contributed by atoms with E-state index in [-0.39, 0.29) is 17.7 Å². The van der Waals surface area contributed by atoms with Crippen LogP contribution in [0.15, 0.2) is 115 Å². The van der Waals surface area contributed by atoms with Gasteiger partial charge in [-0.25, -0.2) is 0 Å². The Morgan fingerprint density at radius 2 is 1.14 bits per heavy atom. The van der Waals surface area contributed by atoms with Crippen molar-refractivity contribution in [3.05, 3.63) is 126 Å². The number of fused-ring (bicyclic) bond motifs is 11. The molecule has 7 aromatic carbocycles. The summed E-state index contributed by atoms with van der Waals surface area (Å²) in [5.41, 5.74) is 20.3. The molecule has 0 unspecified atom stereocenters. The molecule has 0 bridgehead atoms. The molecule has 242 valence electrons. The first-order chi connectivity index (χ1) is 24.6. The van der Waals surface area contributed by atoms with Crippen LogP contribution >= 0.6 is 0 Å². The zero-order valence-electron chi connectivity index (χ0n) is 29.9. The first-order valence-corrected chi connectivity index (χ1v) is 18.5. The molecule has 12 rings (SSSR count). The van der Waals surface area contributed by atoms with Crippen LogP contribution in [0.2, 0.25) is 0 Å². The zero-order chi connectivity index (χ0) is 34.3. The van der Waals surface area contributed by atoms with Gasteiger partial charge in [-0.05, 0) is 108 Å². The van der Waals surface area contributed by atoms with E-state index in [1.807, 2.05) is 0 Å². The summed E-state index contributed by atoms with van der Waals surface area (Å²) in [5.74, 6) is 0. The molecule has 0 amide bonds. The van der Waals surface area contributed by atoms with Crippen molar-refractivity contribution in [3.63, 3.8) is 0 Å². The van der Waals surface area contributed by atoms with E-state index in [1.54, 1.807) is 0 Å². The van der Waals surface area contributed by atoms with E-state index < -0.39 is 0 Å². The van der Waals surface area contributed by atoms with Gasteiger partial charge in [-0.1, -0.05) is 120 Å². The number of benzene rings is 7. The van der Waals surface area contributed by atoms with Crippen LogP contribution in [0, 0.1) is 0 Å². The fourth-order valence-corrected chi connectivity index (χ4v) is 10.2. The summed E-state index contributed by atoms with van der Waals surface area (Å²) in [6, 6.07) is 44.9. The van der Waals surface area contributed by atoms with Gasteiger partial charge < -0.3 is 9.05 Å². The van der Waals surface area contributed by atoms with Crippen LogP contribution in [0.1, 0.15) is 52.7 Å². The average Bonchev–Trinajstić information content (AvgIpc) is 3.60. The van der Waals surface area contributed by atoms with E-state index in [1.165, 1.54) is 116 Å². The van der Waals surface area contributed by atoms with E-state index >= 15 is 0 Å². The van der Waals surface area contributed by atoms with E-state index in [4.69, 9.17) is 0 Å². The van der Waals surface area contributed by atoms with Gasteiger partial charge in [-0.2, -0.15) is 0 Å². The predicted octanol–water partition coefficient (Wildman–Crippen LogP) is 11.2. The van der Waals surface area contributed by atoms with Gasteiger partial charge in [-0.3, -0.25) is 0 Å². The molecule has 4 heterocycles. The highest BCUT2D eigenvalue weighted by Gasteiger charge is 2.43. The molecule has 9 aromatic rings. The zero-order valence-corrected chi connectivity index (χ0v) is 29.9. The average molecular weight is 653 g/mol. The number of nitrogens with zero attached hydrogens (tertiary/aromatic N) is 2. The molecule has 3 heteroatoms. The Morgan fingerprint density at radius 3 is 1.90 bits per heavy atom. The molecule has 0 fully saturated rings. The molecule has 2 nitrogen and oxygen atoms in total. The van der Waals surface area contributed by atoms with Crippen LogP contribution in [0.3, 0.4) is 0 Å². The highest BCUT2D eigenvalue weighted by Crippen LogP contribution is 2.51. The summed E-state index contributed by atoms with van der Waals surface area (Å²) in [7, 11) is 0. The summed E-state index contributed by atoms with van der Waals surface area (Å²) in [6.45, 7) is 14.1. The summed E-state index contributed by atoms with van der Waals surface area (Å²) >= 11 is 0. The summed E-state index contributed by atoms with van der Waals surface area (Å²) in [6.07, 6.45) is 0. The second kappa shape index (κ2) is 8.84. The standard InChI is InChI=1S/C48H37BN2/c1-47(2,3)27-20-21-38-34(23-27)36-25-28(48(4,5)6)24-35-33-17-11-19-40-44(33)49(51(38)45(35)36)37-22-26-12-9-15-31-29-13-7-8-14-30(29)32-16-10-18-39-42(32)43(41(26)31)46(37)50(39)40/h7-25H,1-6H3. The third-order valence-corrected chi connectivity index (χ3v) is 12.5. The molecule has 0 saturated heterocycles. The van der Waals surface area contributed by atoms with Crippen molar-refractivity contribution in [2.24, 2.45) is 0 Å². The van der Waals surface area contributed by atoms with Crippen molar-refractivity contribution in [1.29, 1.82) is 0 Å². The monoisotopic (exact) mass is 652 g/mol. The van der Waals surface area contributed by atoms with Gasteiger partial charge in [0.1, 0.15) is 0 Å². The predicted molar refractivity (Wildman–Crippen MR) is 219 cm³/mol. The fraction of sp³-hybridized carbons (Fsp3) is 0.167. The number of rotatable bonds is 0. The lowest BCUT2D eigenvalue weighted by molar-refractivity contribution is 0.590. The molecule has 1 aliphatic carbocycles. The third-order valence-electron chi connectivity index (χ3n) is 12.5. The maximum atomic E-state index is 2.73. The molecule has 2 aliphatic heterocycles. The summed E-state index contributed by atoms with van der Waals surface area (Å²) < 4.78 is 5.35. The minimum atomic E-state index is 0.0128. The Hall–Kier alpha value is -5.54. The lowest BCUT2D eigenvalue weighted by Gasteiger charge is -2.35. The maximum Gasteiger partial charge on any atom is 0.333 e. The van der Waals surface area contributed by atoms with Crippen LogP contribution in [-0.4, -0.2) is 15.9 Å². The van der Waals surface area contributed by atoms with Crippen molar-refractivity contribution < 1.29 is 0 Å². The van der Waals surface area contributed by atoms with Crippen LogP contribution in [-0.2, 0) is 10.8 Å². The molecular weight excluding hydrogens is 615 g/mol. The van der Waals surface area contributed by atoms with Gasteiger partial charge in [0.05, 0.1) is 11.0 Å². The Labute approximate surface area is 298 Å². The minimum absolute atomic E-state index is 0.0128. The topological polar surface area (TPSA) is 9.86 Å². The minimum Gasteiger partial charge on any atom is -0.375 e. The molecule has 51 heavy (non-hydrogen) atoms. The van der Waals surface area contributed by atoms with Gasteiger partial charge in [-0.15, -0.1) is 0 Å². The number of aromatic nitrogens is 2. The van der Waals surface area contributed by atoms with E-state index in [0.29, 0.717) is 0 Å². The third kappa shape index (κ3) is 3.28. The normalized spacial score (nSPS) is 14.0. The Bertz CT molecular complexity index is 3100. The maximum absolute atomic E-state index is 2.73. The SMILES string of the molecule is CC(C)(C)c1ccc2c(c1)c1cc(C(C)(C)C)cc3c1n2B1c2c-3cccc2-n2c3cccc4c3c3c5c(cccc5cc1c32)-c1ccccc1-4. The van der Waals surface area contributed by atoms with Crippen LogP contribution in [0.25, 0.3) is 93.5 Å². The van der Waals surface area contributed by atoms with E-state index in [2.05, 4.69) is 166 Å². The largest absolute Gasteiger partial charge is 0.375 e. The molecule has 0 radical (unpaired) electrons. The van der Waals surface area contributed by atoms with Crippen LogP contribution in [0.4, 0.5) is 0 Å². The lowest BCUT2D eigenvalue weighted by Crippen LogP contribution is -2.55. The molecule has 3 aliphatic rings. The van der Waals surface area contributed by atoms with Gasteiger partial charge in [0.2, 0.25) is 0 Å². The Morgan fingerprint density at radius 1 is 0.471 bits per heavy atom. The second-order valence-electron chi connectivity index (χ2n) is 17.3. The molecule has 2 aromatic heterocycles.